The number of carbonyl (C=O) groups excluding carboxylic acids is 1. The number of nitrogens with one attached hydrogen (secondary N) is 2. The van der Waals surface area contributed by atoms with Crippen molar-refractivity contribution >= 4 is 21.8 Å². The van der Waals surface area contributed by atoms with Crippen molar-refractivity contribution in [3.63, 3.8) is 0 Å². The maximum Gasteiger partial charge on any atom is 0.256 e. The molecule has 1 rings (SSSR count). The third kappa shape index (κ3) is 3.51. The van der Waals surface area contributed by atoms with E-state index in [0.717, 1.165) is 5.69 Å². The van der Waals surface area contributed by atoms with E-state index in [4.69, 9.17) is 0 Å². The van der Waals surface area contributed by atoms with Crippen molar-refractivity contribution in [3.8, 4) is 0 Å². The van der Waals surface area contributed by atoms with Gasteiger partial charge in [-0.1, -0.05) is 22.9 Å². The smallest absolute Gasteiger partial charge is 0.256 e. The molecule has 5 heteroatoms. The number of amides is 1. The largest absolute Gasteiger partial charge is 0.364 e. The van der Waals surface area contributed by atoms with Crippen LogP contribution in [0.25, 0.3) is 0 Å². The molecule has 1 aromatic heterocycles. The summed E-state index contributed by atoms with van der Waals surface area (Å²) in [5.74, 6) is -0.345. The van der Waals surface area contributed by atoms with E-state index in [2.05, 4.69) is 26.2 Å². The van der Waals surface area contributed by atoms with E-state index in [9.17, 15) is 9.59 Å². The molecule has 0 aliphatic carbocycles. The first-order valence-corrected chi connectivity index (χ1v) is 5.54. The normalized spacial score (nSPS) is 12.2. The summed E-state index contributed by atoms with van der Waals surface area (Å²) in [6.45, 7) is 4.18. The minimum absolute atomic E-state index is 0.147. The first-order chi connectivity index (χ1) is 7.00. The van der Waals surface area contributed by atoms with Gasteiger partial charge in [0, 0.05) is 29.3 Å². The van der Waals surface area contributed by atoms with Gasteiger partial charge in [-0.15, -0.1) is 0 Å². The highest BCUT2D eigenvalue weighted by Gasteiger charge is 2.10. The van der Waals surface area contributed by atoms with Crippen LogP contribution in [0.2, 0.25) is 0 Å². The lowest BCUT2D eigenvalue weighted by atomic mass is 10.2. The van der Waals surface area contributed by atoms with Gasteiger partial charge in [0.05, 0.1) is 0 Å². The van der Waals surface area contributed by atoms with Gasteiger partial charge in [0.15, 0.2) is 5.43 Å². The molecule has 2 N–H and O–H groups in total. The van der Waals surface area contributed by atoms with E-state index in [0.29, 0.717) is 6.54 Å². The molecule has 82 valence electrons. The van der Waals surface area contributed by atoms with Crippen LogP contribution in [0.1, 0.15) is 23.0 Å². The van der Waals surface area contributed by atoms with Crippen LogP contribution in [0.15, 0.2) is 17.1 Å². The Labute approximate surface area is 96.2 Å². The second-order valence-electron chi connectivity index (χ2n) is 3.38. The van der Waals surface area contributed by atoms with Crippen LogP contribution in [0.3, 0.4) is 0 Å². The number of aromatic nitrogens is 1. The highest BCUT2D eigenvalue weighted by Crippen LogP contribution is 1.96. The Morgan fingerprint density at radius 1 is 1.67 bits per heavy atom. The van der Waals surface area contributed by atoms with Gasteiger partial charge in [-0.3, -0.25) is 9.59 Å². The number of H-pyrrole nitrogens is 1. The predicted octanol–water partition coefficient (Wildman–Crippen LogP) is 1.20. The van der Waals surface area contributed by atoms with E-state index >= 15 is 0 Å². The predicted molar refractivity (Wildman–Crippen MR) is 62.5 cm³/mol. The van der Waals surface area contributed by atoms with Crippen LogP contribution >= 0.6 is 15.9 Å². The molecule has 0 saturated heterocycles. The first-order valence-electron chi connectivity index (χ1n) is 4.62. The van der Waals surface area contributed by atoms with Gasteiger partial charge < -0.3 is 10.3 Å². The second kappa shape index (κ2) is 5.11. The number of aromatic amines is 1. The molecule has 1 unspecified atom stereocenters. The summed E-state index contributed by atoms with van der Waals surface area (Å²) >= 11 is 3.30. The van der Waals surface area contributed by atoms with Crippen LogP contribution in [0.4, 0.5) is 0 Å². The average molecular weight is 273 g/mol. The number of rotatable bonds is 3. The summed E-state index contributed by atoms with van der Waals surface area (Å²) in [5.41, 5.74) is 0.630. The van der Waals surface area contributed by atoms with Crippen molar-refractivity contribution in [3.05, 3.63) is 33.7 Å². The van der Waals surface area contributed by atoms with Crippen LogP contribution in [-0.2, 0) is 0 Å². The van der Waals surface area contributed by atoms with Gasteiger partial charge in [-0.25, -0.2) is 0 Å². The average Bonchev–Trinajstić information content (AvgIpc) is 2.14. The topological polar surface area (TPSA) is 62.0 Å². The zero-order valence-corrected chi connectivity index (χ0v) is 10.2. The molecule has 0 aromatic carbocycles. The maximum absolute atomic E-state index is 11.5. The highest BCUT2D eigenvalue weighted by atomic mass is 79.9. The Balaban J connectivity index is 2.79. The molecule has 1 heterocycles. The maximum atomic E-state index is 11.5. The molecule has 15 heavy (non-hydrogen) atoms. The van der Waals surface area contributed by atoms with Gasteiger partial charge in [0.25, 0.3) is 5.91 Å². The molecule has 0 aliphatic heterocycles. The Morgan fingerprint density at radius 2 is 2.33 bits per heavy atom. The molecule has 0 radical (unpaired) electrons. The van der Waals surface area contributed by atoms with E-state index < -0.39 is 0 Å². The summed E-state index contributed by atoms with van der Waals surface area (Å²) in [7, 11) is 0. The van der Waals surface area contributed by atoms with Crippen molar-refractivity contribution in [1.82, 2.24) is 10.3 Å². The molecule has 0 spiro atoms. The Morgan fingerprint density at radius 3 is 2.87 bits per heavy atom. The van der Waals surface area contributed by atoms with E-state index in [1.165, 1.54) is 12.3 Å². The Hall–Kier alpha value is -1.10. The lowest BCUT2D eigenvalue weighted by molar-refractivity contribution is 0.0953. The standard InChI is InChI=1S/C10H13BrN2O2/c1-6(11)4-13-10(15)8-5-12-7(2)3-9(8)14/h3,5-6H,4H2,1-2H3,(H,12,14)(H,13,15). The van der Waals surface area contributed by atoms with E-state index in [1.807, 2.05) is 6.92 Å². The van der Waals surface area contributed by atoms with Crippen molar-refractivity contribution in [1.29, 1.82) is 0 Å². The lowest BCUT2D eigenvalue weighted by Gasteiger charge is -2.06. The van der Waals surface area contributed by atoms with Gasteiger partial charge in [0.2, 0.25) is 0 Å². The SMILES string of the molecule is Cc1cc(=O)c(C(=O)NCC(C)Br)c[nH]1. The van der Waals surface area contributed by atoms with Gasteiger partial charge in [0.1, 0.15) is 5.56 Å². The van der Waals surface area contributed by atoms with Crippen LogP contribution in [0, 0.1) is 6.92 Å². The summed E-state index contributed by atoms with van der Waals surface area (Å²) in [6.07, 6.45) is 1.44. The van der Waals surface area contributed by atoms with Crippen molar-refractivity contribution < 1.29 is 4.79 Å². The Bertz CT molecular complexity index is 412. The van der Waals surface area contributed by atoms with Gasteiger partial charge in [-0.2, -0.15) is 0 Å². The molecule has 1 aromatic rings. The zero-order valence-electron chi connectivity index (χ0n) is 8.63. The number of hydrogen-bond acceptors (Lipinski definition) is 2. The lowest BCUT2D eigenvalue weighted by Crippen LogP contribution is -2.32. The summed E-state index contributed by atoms with van der Waals surface area (Å²) in [5, 5.41) is 2.65. The summed E-state index contributed by atoms with van der Waals surface area (Å²) in [6, 6.07) is 1.41. The van der Waals surface area contributed by atoms with Crippen molar-refractivity contribution in [2.24, 2.45) is 0 Å². The van der Waals surface area contributed by atoms with E-state index in [-0.39, 0.29) is 21.7 Å². The monoisotopic (exact) mass is 272 g/mol. The first kappa shape index (κ1) is 12.0. The second-order valence-corrected chi connectivity index (χ2v) is 4.95. The van der Waals surface area contributed by atoms with Crippen LogP contribution in [0.5, 0.6) is 0 Å². The number of halogens is 1. The number of pyridine rings is 1. The van der Waals surface area contributed by atoms with Crippen molar-refractivity contribution in [2.45, 2.75) is 18.7 Å². The van der Waals surface area contributed by atoms with Crippen molar-refractivity contribution in [2.75, 3.05) is 6.54 Å². The summed E-state index contributed by atoms with van der Waals surface area (Å²) < 4.78 is 0. The number of hydrogen-bond donors (Lipinski definition) is 2. The third-order valence-electron chi connectivity index (χ3n) is 1.85. The molecule has 1 amide bonds. The molecule has 1 atom stereocenters. The quantitative estimate of drug-likeness (QED) is 0.813. The highest BCUT2D eigenvalue weighted by molar-refractivity contribution is 9.09. The summed E-state index contributed by atoms with van der Waals surface area (Å²) in [4.78, 5) is 26.0. The van der Waals surface area contributed by atoms with Crippen LogP contribution < -0.4 is 10.7 Å². The number of alkyl halides is 1. The molecule has 0 fully saturated rings. The zero-order chi connectivity index (χ0) is 11.4. The fraction of sp³-hybridized carbons (Fsp3) is 0.400. The third-order valence-corrected chi connectivity index (χ3v) is 2.17. The molecule has 0 saturated carbocycles. The fourth-order valence-corrected chi connectivity index (χ4v) is 1.24. The molecule has 0 bridgehead atoms. The minimum atomic E-state index is -0.345. The van der Waals surface area contributed by atoms with Gasteiger partial charge in [-0.05, 0) is 6.92 Å². The minimum Gasteiger partial charge on any atom is -0.364 e. The number of carbonyl (C=O) groups is 1. The Kier molecular flexibility index (Phi) is 4.08. The van der Waals surface area contributed by atoms with Crippen LogP contribution in [-0.4, -0.2) is 22.3 Å². The number of aryl methyl sites for hydroxylation is 1. The molecular formula is C10H13BrN2O2. The molecular weight excluding hydrogens is 260 g/mol. The van der Waals surface area contributed by atoms with Gasteiger partial charge >= 0.3 is 0 Å². The molecule has 4 nitrogen and oxygen atoms in total. The van der Waals surface area contributed by atoms with E-state index in [1.54, 1.807) is 6.92 Å². The fourth-order valence-electron chi connectivity index (χ4n) is 1.08. The molecule has 0 aliphatic rings.